The average Bonchev–Trinajstić information content (AvgIpc) is 2.12. The van der Waals surface area contributed by atoms with Crippen molar-refractivity contribution in [3.63, 3.8) is 0 Å². The predicted octanol–water partition coefficient (Wildman–Crippen LogP) is 1.64. The predicted molar refractivity (Wildman–Crippen MR) is 51.0 cm³/mol. The summed E-state index contributed by atoms with van der Waals surface area (Å²) in [5.74, 6) is 0.625. The minimum absolute atomic E-state index is 0.110. The first-order valence-electron chi connectivity index (χ1n) is 3.62. The topological polar surface area (TPSA) is 61.7 Å². The number of hydroxylamine groups is 1. The lowest BCUT2D eigenvalue weighted by Crippen LogP contribution is -2.07. The molecule has 0 aliphatic carbocycles. The van der Waals surface area contributed by atoms with Crippen LogP contribution in [0.5, 0.6) is 11.5 Å². The van der Waals surface area contributed by atoms with Crippen LogP contribution in [0.1, 0.15) is 5.56 Å². The summed E-state index contributed by atoms with van der Waals surface area (Å²) in [6.07, 6.45) is 0. The van der Waals surface area contributed by atoms with Crippen LogP contribution in [-0.4, -0.2) is 17.4 Å². The number of rotatable bonds is 3. The molecule has 1 aromatic rings. The van der Waals surface area contributed by atoms with Crippen molar-refractivity contribution in [2.75, 3.05) is 7.11 Å². The molecule has 5 heteroatoms. The van der Waals surface area contributed by atoms with Crippen molar-refractivity contribution < 1.29 is 15.1 Å². The van der Waals surface area contributed by atoms with E-state index in [1.165, 1.54) is 13.2 Å². The van der Waals surface area contributed by atoms with Crippen molar-refractivity contribution >= 4 is 15.9 Å². The molecule has 0 saturated carbocycles. The molecule has 0 aliphatic rings. The van der Waals surface area contributed by atoms with Gasteiger partial charge in [0, 0.05) is 12.1 Å². The Hall–Kier alpha value is -0.780. The molecule has 72 valence electrons. The number of halogens is 1. The third kappa shape index (κ3) is 2.12. The standard InChI is InChI=1S/C8H10BrNO3/c1-13-8-5(4-10-12)2-3-6(11)7(8)9/h2-3,10-12H,4H2,1H3. The van der Waals surface area contributed by atoms with Crippen LogP contribution in [0.25, 0.3) is 0 Å². The molecule has 13 heavy (non-hydrogen) atoms. The summed E-state index contributed by atoms with van der Waals surface area (Å²) in [4.78, 5) is 0. The highest BCUT2D eigenvalue weighted by Gasteiger charge is 2.10. The Bertz CT molecular complexity index is 304. The zero-order chi connectivity index (χ0) is 9.84. The minimum Gasteiger partial charge on any atom is -0.507 e. The zero-order valence-electron chi connectivity index (χ0n) is 7.04. The van der Waals surface area contributed by atoms with Gasteiger partial charge in [-0.1, -0.05) is 6.07 Å². The van der Waals surface area contributed by atoms with Gasteiger partial charge in [0.2, 0.25) is 0 Å². The highest BCUT2D eigenvalue weighted by molar-refractivity contribution is 9.10. The summed E-state index contributed by atoms with van der Waals surface area (Å²) in [5.41, 5.74) is 2.78. The molecule has 0 bridgehead atoms. The number of methoxy groups -OCH3 is 1. The van der Waals surface area contributed by atoms with Gasteiger partial charge in [-0.25, -0.2) is 5.48 Å². The normalized spacial score (nSPS) is 10.1. The minimum atomic E-state index is 0.110. The molecule has 0 aromatic heterocycles. The average molecular weight is 248 g/mol. The maximum absolute atomic E-state index is 9.31. The molecule has 1 aromatic carbocycles. The molecule has 0 amide bonds. The van der Waals surface area contributed by atoms with E-state index in [1.54, 1.807) is 6.07 Å². The van der Waals surface area contributed by atoms with Crippen molar-refractivity contribution in [1.29, 1.82) is 0 Å². The first-order chi connectivity index (χ1) is 6.20. The van der Waals surface area contributed by atoms with E-state index in [0.29, 0.717) is 10.2 Å². The first kappa shape index (κ1) is 10.3. The summed E-state index contributed by atoms with van der Waals surface area (Å²) in [6, 6.07) is 3.20. The fourth-order valence-corrected chi connectivity index (χ4v) is 1.58. The van der Waals surface area contributed by atoms with Gasteiger partial charge in [0.05, 0.1) is 7.11 Å². The lowest BCUT2D eigenvalue weighted by atomic mass is 10.2. The van der Waals surface area contributed by atoms with Gasteiger partial charge >= 0.3 is 0 Å². The second-order valence-electron chi connectivity index (χ2n) is 2.43. The smallest absolute Gasteiger partial charge is 0.141 e. The highest BCUT2D eigenvalue weighted by Crippen LogP contribution is 2.36. The van der Waals surface area contributed by atoms with Gasteiger partial charge in [0.1, 0.15) is 16.0 Å². The van der Waals surface area contributed by atoms with Gasteiger partial charge in [-0.3, -0.25) is 0 Å². The molecule has 0 saturated heterocycles. The van der Waals surface area contributed by atoms with Crippen LogP contribution in [0, 0.1) is 0 Å². The number of nitrogens with one attached hydrogen (secondary N) is 1. The number of aromatic hydroxyl groups is 1. The number of phenols is 1. The number of benzene rings is 1. The van der Waals surface area contributed by atoms with Crippen molar-refractivity contribution in [1.82, 2.24) is 5.48 Å². The third-order valence-electron chi connectivity index (χ3n) is 1.63. The molecule has 0 aliphatic heterocycles. The van der Waals surface area contributed by atoms with Crippen molar-refractivity contribution in [2.24, 2.45) is 0 Å². The van der Waals surface area contributed by atoms with E-state index < -0.39 is 0 Å². The third-order valence-corrected chi connectivity index (χ3v) is 2.40. The second-order valence-corrected chi connectivity index (χ2v) is 3.22. The Kier molecular flexibility index (Phi) is 3.53. The van der Waals surface area contributed by atoms with Gasteiger partial charge in [0.15, 0.2) is 0 Å². The first-order valence-corrected chi connectivity index (χ1v) is 4.41. The van der Waals surface area contributed by atoms with Gasteiger partial charge in [-0.2, -0.15) is 0 Å². The molecule has 3 N–H and O–H groups in total. The van der Waals surface area contributed by atoms with Crippen molar-refractivity contribution in [2.45, 2.75) is 6.54 Å². The summed E-state index contributed by atoms with van der Waals surface area (Å²) in [6.45, 7) is 0.266. The molecule has 0 heterocycles. The molecule has 0 unspecified atom stereocenters. The summed E-state index contributed by atoms with van der Waals surface area (Å²) in [5, 5.41) is 17.8. The maximum Gasteiger partial charge on any atom is 0.141 e. The van der Waals surface area contributed by atoms with Crippen LogP contribution in [0.3, 0.4) is 0 Å². The molecule has 0 fully saturated rings. The lowest BCUT2D eigenvalue weighted by Gasteiger charge is -2.10. The van der Waals surface area contributed by atoms with E-state index in [-0.39, 0.29) is 12.3 Å². The Morgan fingerprint density at radius 3 is 2.77 bits per heavy atom. The van der Waals surface area contributed by atoms with Gasteiger partial charge in [-0.15, -0.1) is 0 Å². The summed E-state index contributed by atoms with van der Waals surface area (Å²) in [7, 11) is 1.50. The van der Waals surface area contributed by atoms with Gasteiger partial charge in [-0.05, 0) is 22.0 Å². The molecule has 1 rings (SSSR count). The van der Waals surface area contributed by atoms with Crippen LogP contribution in [0.15, 0.2) is 16.6 Å². The van der Waals surface area contributed by atoms with E-state index in [2.05, 4.69) is 15.9 Å². The second kappa shape index (κ2) is 4.45. The Balaban J connectivity index is 3.13. The maximum atomic E-state index is 9.31. The molecule has 0 radical (unpaired) electrons. The number of ether oxygens (including phenoxy) is 1. The molecule has 0 atom stereocenters. The molecular weight excluding hydrogens is 238 g/mol. The highest BCUT2D eigenvalue weighted by atomic mass is 79.9. The molecule has 4 nitrogen and oxygen atoms in total. The van der Waals surface area contributed by atoms with Gasteiger partial charge in [0.25, 0.3) is 0 Å². The fourth-order valence-electron chi connectivity index (χ4n) is 1.03. The fraction of sp³-hybridized carbons (Fsp3) is 0.250. The van der Waals surface area contributed by atoms with Crippen molar-refractivity contribution in [3.8, 4) is 11.5 Å². The monoisotopic (exact) mass is 247 g/mol. The van der Waals surface area contributed by atoms with Crippen LogP contribution in [0.4, 0.5) is 0 Å². The largest absolute Gasteiger partial charge is 0.507 e. The van der Waals surface area contributed by atoms with E-state index in [0.717, 1.165) is 5.56 Å². The summed E-state index contributed by atoms with van der Waals surface area (Å²) >= 11 is 3.18. The number of phenolic OH excluding ortho intramolecular Hbond substituents is 1. The molecular formula is C8H10BrNO3. The Labute approximate surface area is 84.2 Å². The Morgan fingerprint density at radius 1 is 1.54 bits per heavy atom. The summed E-state index contributed by atoms with van der Waals surface area (Å²) < 4.78 is 5.54. The lowest BCUT2D eigenvalue weighted by molar-refractivity contribution is 0.160. The van der Waals surface area contributed by atoms with E-state index in [1.807, 2.05) is 5.48 Å². The zero-order valence-corrected chi connectivity index (χ0v) is 8.63. The van der Waals surface area contributed by atoms with Crippen molar-refractivity contribution in [3.05, 3.63) is 22.2 Å². The van der Waals surface area contributed by atoms with Gasteiger partial charge < -0.3 is 15.1 Å². The van der Waals surface area contributed by atoms with E-state index in [9.17, 15) is 5.11 Å². The van der Waals surface area contributed by atoms with Crippen LogP contribution in [0.2, 0.25) is 0 Å². The SMILES string of the molecule is COc1c(CNO)ccc(O)c1Br. The van der Waals surface area contributed by atoms with Crippen LogP contribution in [-0.2, 0) is 6.54 Å². The number of hydrogen-bond acceptors (Lipinski definition) is 4. The number of hydrogen-bond donors (Lipinski definition) is 3. The van der Waals surface area contributed by atoms with Crippen LogP contribution < -0.4 is 10.2 Å². The van der Waals surface area contributed by atoms with E-state index >= 15 is 0 Å². The quantitative estimate of drug-likeness (QED) is 0.711. The Morgan fingerprint density at radius 2 is 2.23 bits per heavy atom. The van der Waals surface area contributed by atoms with Crippen LogP contribution >= 0.6 is 15.9 Å². The molecule has 0 spiro atoms. The van der Waals surface area contributed by atoms with E-state index in [4.69, 9.17) is 9.94 Å².